The van der Waals surface area contributed by atoms with Gasteiger partial charge in [-0.2, -0.15) is 0 Å². The Morgan fingerprint density at radius 3 is 2.30 bits per heavy atom. The average molecular weight is 260 g/mol. The highest BCUT2D eigenvalue weighted by Gasteiger charge is 2.14. The summed E-state index contributed by atoms with van der Waals surface area (Å²) in [6, 6.07) is 10.2. The minimum Gasteiger partial charge on any atom is -0.289 e. The molecule has 0 fully saturated rings. The van der Waals surface area contributed by atoms with Gasteiger partial charge in [-0.15, -0.1) is 0 Å². The van der Waals surface area contributed by atoms with Gasteiger partial charge in [-0.25, -0.2) is 9.69 Å². The van der Waals surface area contributed by atoms with Crippen LogP contribution >= 0.6 is 0 Å². The van der Waals surface area contributed by atoms with E-state index in [0.29, 0.717) is 28.1 Å². The van der Waals surface area contributed by atoms with E-state index in [1.165, 1.54) is 0 Å². The number of hydrogen-bond acceptors (Lipinski definition) is 1. The number of nitrogens with zero attached hydrogens (tertiary/aromatic N) is 2. The normalized spacial score (nSPS) is 9.60. The Kier molecular flexibility index (Phi) is 3.64. The molecule has 2 aromatic carbocycles. The third-order valence-corrected chi connectivity index (χ3v) is 3.25. The van der Waals surface area contributed by atoms with E-state index >= 15 is 0 Å². The highest BCUT2D eigenvalue weighted by Crippen LogP contribution is 2.26. The van der Waals surface area contributed by atoms with Crippen molar-refractivity contribution in [2.45, 2.75) is 13.8 Å². The van der Waals surface area contributed by atoms with E-state index < -0.39 is 0 Å². The maximum Gasteiger partial charge on any atom is 0.191 e. The summed E-state index contributed by atoms with van der Waals surface area (Å²) >= 11 is 0. The summed E-state index contributed by atoms with van der Waals surface area (Å²) in [7, 11) is 0. The van der Waals surface area contributed by atoms with E-state index in [9.17, 15) is 4.79 Å². The Bertz CT molecular complexity index is 777. The van der Waals surface area contributed by atoms with Crippen molar-refractivity contribution in [3.8, 4) is 0 Å². The van der Waals surface area contributed by atoms with Crippen LogP contribution in [-0.2, 0) is 0 Å². The molecule has 96 valence electrons. The van der Waals surface area contributed by atoms with Gasteiger partial charge in [0.25, 0.3) is 0 Å². The number of hydrogen-bond donors (Lipinski definition) is 0. The minimum atomic E-state index is -0.118. The quantitative estimate of drug-likeness (QED) is 0.570. The molecule has 0 atom stereocenters. The molecular formula is C17H12N2O. The van der Waals surface area contributed by atoms with Crippen molar-refractivity contribution < 1.29 is 4.79 Å². The van der Waals surface area contributed by atoms with E-state index in [2.05, 4.69) is 9.69 Å². The van der Waals surface area contributed by atoms with Gasteiger partial charge in [-0.3, -0.25) is 4.79 Å². The molecule has 20 heavy (non-hydrogen) atoms. The maximum absolute atomic E-state index is 12.5. The molecule has 0 amide bonds. The number of benzene rings is 2. The number of carbonyl (C=O) groups is 1. The van der Waals surface area contributed by atoms with E-state index in [0.717, 1.165) is 5.56 Å². The van der Waals surface area contributed by atoms with Gasteiger partial charge in [-0.05, 0) is 25.0 Å². The largest absolute Gasteiger partial charge is 0.289 e. The first-order chi connectivity index (χ1) is 9.58. The molecule has 0 heterocycles. The van der Waals surface area contributed by atoms with Gasteiger partial charge in [-0.1, -0.05) is 36.4 Å². The van der Waals surface area contributed by atoms with E-state index in [4.69, 9.17) is 13.1 Å². The first-order valence-corrected chi connectivity index (χ1v) is 6.08. The summed E-state index contributed by atoms with van der Waals surface area (Å²) in [6.45, 7) is 17.7. The van der Waals surface area contributed by atoms with Gasteiger partial charge in [0.2, 0.25) is 0 Å². The Morgan fingerprint density at radius 1 is 1.00 bits per heavy atom. The molecular weight excluding hydrogens is 248 g/mol. The Labute approximate surface area is 118 Å². The molecule has 0 N–H and O–H groups in total. The van der Waals surface area contributed by atoms with E-state index in [1.54, 1.807) is 43.3 Å². The number of rotatable bonds is 2. The van der Waals surface area contributed by atoms with Gasteiger partial charge in [0.1, 0.15) is 0 Å². The smallest absolute Gasteiger partial charge is 0.191 e. The minimum absolute atomic E-state index is 0.118. The lowest BCUT2D eigenvalue weighted by molar-refractivity contribution is 0.103. The highest BCUT2D eigenvalue weighted by atomic mass is 16.1. The van der Waals surface area contributed by atoms with Crippen LogP contribution in [0.15, 0.2) is 36.4 Å². The molecule has 0 bridgehead atoms. The van der Waals surface area contributed by atoms with Crippen molar-refractivity contribution in [3.05, 3.63) is 81.5 Å². The van der Waals surface area contributed by atoms with Gasteiger partial charge in [0.05, 0.1) is 13.1 Å². The second kappa shape index (κ2) is 5.38. The predicted octanol–water partition coefficient (Wildman–Crippen LogP) is 4.64. The molecule has 0 unspecified atom stereocenters. The SMILES string of the molecule is [C-]#[N+]c1ccc(C(=O)c2cccc([N+]#[C-])c2C)cc1C. The van der Waals surface area contributed by atoms with Gasteiger partial charge < -0.3 is 0 Å². The zero-order valence-corrected chi connectivity index (χ0v) is 11.3. The van der Waals surface area contributed by atoms with Crippen molar-refractivity contribution in [1.29, 1.82) is 0 Å². The van der Waals surface area contributed by atoms with Crippen LogP contribution in [0, 0.1) is 27.0 Å². The molecule has 0 saturated carbocycles. The molecule has 0 radical (unpaired) electrons. The van der Waals surface area contributed by atoms with Crippen LogP contribution in [0.1, 0.15) is 27.0 Å². The summed E-state index contributed by atoms with van der Waals surface area (Å²) in [5.74, 6) is -0.118. The Morgan fingerprint density at radius 2 is 1.70 bits per heavy atom. The molecule has 0 aliphatic rings. The fraction of sp³-hybridized carbons (Fsp3) is 0.118. The van der Waals surface area contributed by atoms with Gasteiger partial charge in [0, 0.05) is 11.1 Å². The molecule has 0 aliphatic carbocycles. The molecule has 0 spiro atoms. The van der Waals surface area contributed by atoms with Crippen LogP contribution in [0.5, 0.6) is 0 Å². The monoisotopic (exact) mass is 260 g/mol. The zero-order valence-electron chi connectivity index (χ0n) is 11.3. The van der Waals surface area contributed by atoms with Crippen LogP contribution in [0.4, 0.5) is 11.4 Å². The molecule has 0 aliphatic heterocycles. The number of ketones is 1. The Hall–Kier alpha value is -2.91. The van der Waals surface area contributed by atoms with Crippen molar-refractivity contribution in [1.82, 2.24) is 0 Å². The maximum atomic E-state index is 12.5. The number of carbonyl (C=O) groups excluding carboxylic acids is 1. The van der Waals surface area contributed by atoms with Crippen molar-refractivity contribution in [2.24, 2.45) is 0 Å². The van der Waals surface area contributed by atoms with E-state index in [1.807, 2.05) is 6.92 Å². The Balaban J connectivity index is 2.51. The first-order valence-electron chi connectivity index (χ1n) is 6.08. The second-order valence-electron chi connectivity index (χ2n) is 4.50. The van der Waals surface area contributed by atoms with Crippen LogP contribution in [0.25, 0.3) is 9.69 Å². The molecule has 3 nitrogen and oxygen atoms in total. The molecule has 0 aromatic heterocycles. The van der Waals surface area contributed by atoms with Crippen LogP contribution in [0.3, 0.4) is 0 Å². The summed E-state index contributed by atoms with van der Waals surface area (Å²) in [6.07, 6.45) is 0. The van der Waals surface area contributed by atoms with Crippen molar-refractivity contribution in [3.63, 3.8) is 0 Å². The third kappa shape index (κ3) is 2.30. The lowest BCUT2D eigenvalue weighted by Gasteiger charge is -2.08. The topological polar surface area (TPSA) is 25.8 Å². The van der Waals surface area contributed by atoms with Crippen LogP contribution in [-0.4, -0.2) is 5.78 Å². The predicted molar refractivity (Wildman–Crippen MR) is 78.3 cm³/mol. The van der Waals surface area contributed by atoms with Gasteiger partial charge in [0.15, 0.2) is 17.2 Å². The third-order valence-electron chi connectivity index (χ3n) is 3.25. The van der Waals surface area contributed by atoms with Crippen LogP contribution in [0.2, 0.25) is 0 Å². The fourth-order valence-corrected chi connectivity index (χ4v) is 2.07. The summed E-state index contributed by atoms with van der Waals surface area (Å²) in [4.78, 5) is 19.3. The molecule has 3 heteroatoms. The summed E-state index contributed by atoms with van der Waals surface area (Å²) in [5, 5.41) is 0. The summed E-state index contributed by atoms with van der Waals surface area (Å²) < 4.78 is 0. The standard InChI is InChI=1S/C17H12N2O/c1-11-10-13(8-9-15(11)18-3)17(20)14-6-5-7-16(19-4)12(14)2/h5-10H,1-2H3. The van der Waals surface area contributed by atoms with Crippen LogP contribution < -0.4 is 0 Å². The van der Waals surface area contributed by atoms with E-state index in [-0.39, 0.29) is 5.78 Å². The highest BCUT2D eigenvalue weighted by molar-refractivity contribution is 6.10. The fourth-order valence-electron chi connectivity index (χ4n) is 2.07. The lowest BCUT2D eigenvalue weighted by Crippen LogP contribution is -2.03. The zero-order chi connectivity index (χ0) is 14.7. The average Bonchev–Trinajstić information content (AvgIpc) is 2.46. The number of aryl methyl sites for hydroxylation is 1. The molecule has 2 aromatic rings. The van der Waals surface area contributed by atoms with Gasteiger partial charge >= 0.3 is 0 Å². The van der Waals surface area contributed by atoms with Crippen molar-refractivity contribution in [2.75, 3.05) is 0 Å². The first kappa shape index (κ1) is 13.5. The molecule has 2 rings (SSSR count). The summed E-state index contributed by atoms with van der Waals surface area (Å²) in [5.41, 5.74) is 3.59. The lowest BCUT2D eigenvalue weighted by atomic mass is 9.96. The second-order valence-corrected chi connectivity index (χ2v) is 4.50. The van der Waals surface area contributed by atoms with Crippen molar-refractivity contribution >= 4 is 17.2 Å². The molecule has 0 saturated heterocycles.